The minimum atomic E-state index is -0.945. The smallest absolute Gasteiger partial charge is 0.327 e. The van der Waals surface area contributed by atoms with E-state index in [1.807, 2.05) is 30.3 Å². The number of hydrogen-bond donors (Lipinski definition) is 1. The lowest BCUT2D eigenvalue weighted by molar-refractivity contribution is -0.140. The Kier molecular flexibility index (Phi) is 5.43. The van der Waals surface area contributed by atoms with Crippen LogP contribution in [-0.4, -0.2) is 39.6 Å². The molecule has 1 saturated heterocycles. The molecule has 0 aliphatic carbocycles. The maximum Gasteiger partial charge on any atom is 0.327 e. The number of aryl methyl sites for hydroxylation is 1. The molecule has 1 atom stereocenters. The Morgan fingerprint density at radius 1 is 1.16 bits per heavy atom. The number of nitrogens with zero attached hydrogens (tertiary/aromatic N) is 1. The third-order valence-corrected chi connectivity index (χ3v) is 5.40. The van der Waals surface area contributed by atoms with Gasteiger partial charge in [0.15, 0.2) is 0 Å². The molecular weight excluding hydrogens is 334 g/mol. The molecule has 1 aliphatic heterocycles. The molecule has 0 aromatic heterocycles. The van der Waals surface area contributed by atoms with E-state index in [1.54, 1.807) is 6.07 Å². The number of carbonyl (C=O) groups excluding carboxylic acids is 1. The molecule has 2 aromatic carbocycles. The zero-order valence-corrected chi connectivity index (χ0v) is 15.0. The number of carboxylic acids is 1. The van der Waals surface area contributed by atoms with Crippen LogP contribution in [-0.2, 0) is 11.2 Å². The number of benzene rings is 2. The van der Waals surface area contributed by atoms with Gasteiger partial charge in [-0.2, -0.15) is 0 Å². The van der Waals surface area contributed by atoms with Crippen LogP contribution in [0.2, 0.25) is 0 Å². The number of aliphatic carboxylic acids is 1. The summed E-state index contributed by atoms with van der Waals surface area (Å²) in [4.78, 5) is 25.8. The van der Waals surface area contributed by atoms with Crippen LogP contribution in [0.5, 0.6) is 0 Å². The van der Waals surface area contributed by atoms with E-state index < -0.39 is 12.0 Å². The molecule has 130 valence electrons. The number of thioether (sulfide) groups is 1. The molecule has 4 nitrogen and oxygen atoms in total. The fourth-order valence-corrected chi connectivity index (χ4v) is 4.21. The van der Waals surface area contributed by atoms with Crippen molar-refractivity contribution in [2.75, 3.05) is 11.6 Å². The van der Waals surface area contributed by atoms with Gasteiger partial charge in [0.05, 0.1) is 5.88 Å². The molecule has 1 unspecified atom stereocenters. The Morgan fingerprint density at radius 3 is 2.56 bits per heavy atom. The van der Waals surface area contributed by atoms with Crippen LogP contribution in [0.1, 0.15) is 29.3 Å². The minimum absolute atomic E-state index is 0.217. The second-order valence-corrected chi connectivity index (χ2v) is 7.12. The second-order valence-electron chi connectivity index (χ2n) is 6.12. The van der Waals surface area contributed by atoms with Gasteiger partial charge in [0.25, 0.3) is 5.91 Å². The van der Waals surface area contributed by atoms with Crippen molar-refractivity contribution in [3.8, 4) is 11.1 Å². The van der Waals surface area contributed by atoms with E-state index >= 15 is 0 Å². The lowest BCUT2D eigenvalue weighted by Gasteiger charge is -2.22. The number of hydrogen-bond acceptors (Lipinski definition) is 3. The highest BCUT2D eigenvalue weighted by Gasteiger charge is 2.35. The molecule has 0 radical (unpaired) electrons. The molecule has 1 aliphatic rings. The molecule has 0 bridgehead atoms. The lowest BCUT2D eigenvalue weighted by Crippen LogP contribution is -2.41. The van der Waals surface area contributed by atoms with Gasteiger partial charge >= 0.3 is 5.97 Å². The predicted octanol–water partition coefficient (Wildman–Crippen LogP) is 3.91. The van der Waals surface area contributed by atoms with Crippen molar-refractivity contribution in [2.45, 2.75) is 25.8 Å². The van der Waals surface area contributed by atoms with Crippen molar-refractivity contribution in [1.29, 1.82) is 0 Å². The largest absolute Gasteiger partial charge is 0.480 e. The molecular formula is C20H21NO3S. The van der Waals surface area contributed by atoms with Crippen LogP contribution in [0.25, 0.3) is 11.1 Å². The van der Waals surface area contributed by atoms with E-state index in [-0.39, 0.29) is 5.91 Å². The Balaban J connectivity index is 1.93. The Labute approximate surface area is 151 Å². The number of amides is 1. The molecule has 1 fully saturated rings. The van der Waals surface area contributed by atoms with Crippen LogP contribution < -0.4 is 0 Å². The molecule has 0 saturated carbocycles. The minimum Gasteiger partial charge on any atom is -0.480 e. The highest BCUT2D eigenvalue weighted by molar-refractivity contribution is 7.99. The summed E-state index contributed by atoms with van der Waals surface area (Å²) in [5, 5.41) is 9.34. The fraction of sp³-hybridized carbons (Fsp3) is 0.300. The summed E-state index contributed by atoms with van der Waals surface area (Å²) in [5.74, 6) is -0.306. The topological polar surface area (TPSA) is 57.6 Å². The molecule has 3 rings (SSSR count). The predicted molar refractivity (Wildman–Crippen MR) is 101 cm³/mol. The maximum absolute atomic E-state index is 13.0. The normalized spacial score (nSPS) is 16.8. The van der Waals surface area contributed by atoms with E-state index in [1.165, 1.54) is 22.2 Å². The second kappa shape index (κ2) is 7.74. The molecule has 1 N–H and O–H groups in total. The summed E-state index contributed by atoms with van der Waals surface area (Å²) in [7, 11) is 0. The zero-order valence-electron chi connectivity index (χ0n) is 14.1. The molecule has 1 heterocycles. The zero-order chi connectivity index (χ0) is 17.8. The van der Waals surface area contributed by atoms with Crippen molar-refractivity contribution in [1.82, 2.24) is 4.90 Å². The lowest BCUT2D eigenvalue weighted by atomic mass is 9.97. The number of rotatable bonds is 5. The van der Waals surface area contributed by atoms with Gasteiger partial charge in [-0.05, 0) is 29.2 Å². The Hall–Kier alpha value is -2.27. The summed E-state index contributed by atoms with van der Waals surface area (Å²) < 4.78 is 0. The van der Waals surface area contributed by atoms with Gasteiger partial charge < -0.3 is 10.0 Å². The van der Waals surface area contributed by atoms with E-state index in [0.717, 1.165) is 24.0 Å². The monoisotopic (exact) mass is 355 g/mol. The van der Waals surface area contributed by atoms with Crippen LogP contribution >= 0.6 is 11.8 Å². The van der Waals surface area contributed by atoms with Gasteiger partial charge in [-0.25, -0.2) is 4.79 Å². The van der Waals surface area contributed by atoms with Crippen LogP contribution in [0.3, 0.4) is 0 Å². The van der Waals surface area contributed by atoms with Crippen molar-refractivity contribution in [3.63, 3.8) is 0 Å². The Bertz CT molecular complexity index is 773. The van der Waals surface area contributed by atoms with E-state index in [4.69, 9.17) is 0 Å². The highest BCUT2D eigenvalue weighted by Crippen LogP contribution is 2.29. The standard InChI is InChI=1S/C20H21NO3S/c1-2-5-14-8-10-15(11-9-14)16-6-3-4-7-17(16)19(22)21-13-25-12-18(21)20(23)24/h3-4,6-11,18H,2,5,12-13H2,1H3,(H,23,24). The first kappa shape index (κ1) is 17.5. The summed E-state index contributed by atoms with van der Waals surface area (Å²) in [6.07, 6.45) is 2.13. The average Bonchev–Trinajstić information content (AvgIpc) is 3.12. The van der Waals surface area contributed by atoms with Crippen molar-refractivity contribution >= 4 is 23.6 Å². The fourth-order valence-electron chi connectivity index (χ4n) is 3.06. The molecule has 1 amide bonds. The molecule has 0 spiro atoms. The summed E-state index contributed by atoms with van der Waals surface area (Å²) >= 11 is 1.47. The highest BCUT2D eigenvalue weighted by atomic mass is 32.2. The van der Waals surface area contributed by atoms with Crippen LogP contribution in [0.15, 0.2) is 48.5 Å². The average molecular weight is 355 g/mol. The molecule has 5 heteroatoms. The summed E-state index contributed by atoms with van der Waals surface area (Å²) in [5.41, 5.74) is 3.65. The molecule has 2 aromatic rings. The first-order valence-corrected chi connectivity index (χ1v) is 9.57. The SMILES string of the molecule is CCCc1ccc(-c2ccccc2C(=O)N2CSCC2C(=O)O)cc1. The van der Waals surface area contributed by atoms with E-state index in [0.29, 0.717) is 17.2 Å². The van der Waals surface area contributed by atoms with Crippen molar-refractivity contribution < 1.29 is 14.7 Å². The van der Waals surface area contributed by atoms with Gasteiger partial charge in [0.2, 0.25) is 0 Å². The number of carboxylic acid groups (broad SMARTS) is 1. The van der Waals surface area contributed by atoms with Gasteiger partial charge in [0.1, 0.15) is 6.04 Å². The maximum atomic E-state index is 13.0. The van der Waals surface area contributed by atoms with Gasteiger partial charge in [0, 0.05) is 11.3 Å². The number of carbonyl (C=O) groups is 2. The van der Waals surface area contributed by atoms with Crippen LogP contribution in [0, 0.1) is 0 Å². The van der Waals surface area contributed by atoms with E-state index in [2.05, 4.69) is 19.1 Å². The third-order valence-electron chi connectivity index (χ3n) is 4.39. The Morgan fingerprint density at radius 2 is 1.88 bits per heavy atom. The quantitative estimate of drug-likeness (QED) is 0.883. The first-order chi connectivity index (χ1) is 12.1. The van der Waals surface area contributed by atoms with Gasteiger partial charge in [-0.1, -0.05) is 55.8 Å². The van der Waals surface area contributed by atoms with Crippen molar-refractivity contribution in [3.05, 3.63) is 59.7 Å². The third kappa shape index (κ3) is 3.71. The van der Waals surface area contributed by atoms with Crippen LogP contribution in [0.4, 0.5) is 0 Å². The van der Waals surface area contributed by atoms with Crippen molar-refractivity contribution in [2.24, 2.45) is 0 Å². The first-order valence-electron chi connectivity index (χ1n) is 8.41. The van der Waals surface area contributed by atoms with Gasteiger partial charge in [-0.15, -0.1) is 11.8 Å². The van der Waals surface area contributed by atoms with E-state index in [9.17, 15) is 14.7 Å². The summed E-state index contributed by atoms with van der Waals surface area (Å²) in [6.45, 7) is 2.15. The summed E-state index contributed by atoms with van der Waals surface area (Å²) in [6, 6.07) is 14.9. The van der Waals surface area contributed by atoms with Gasteiger partial charge in [-0.3, -0.25) is 4.79 Å². The molecule has 25 heavy (non-hydrogen) atoms.